The van der Waals surface area contributed by atoms with Crippen LogP contribution in [0.1, 0.15) is 10.4 Å². The second-order valence-electron chi connectivity index (χ2n) is 3.16. The number of amides is 1. The lowest BCUT2D eigenvalue weighted by Gasteiger charge is -2.13. The van der Waals surface area contributed by atoms with E-state index in [4.69, 9.17) is 9.25 Å². The fourth-order valence-corrected chi connectivity index (χ4v) is 1.35. The van der Waals surface area contributed by atoms with Crippen molar-refractivity contribution in [3.05, 3.63) is 36.1 Å². The van der Waals surface area contributed by atoms with Crippen molar-refractivity contribution in [2.75, 3.05) is 14.2 Å². The van der Waals surface area contributed by atoms with E-state index in [1.165, 1.54) is 12.2 Å². The van der Waals surface area contributed by atoms with Gasteiger partial charge in [-0.2, -0.15) is 0 Å². The molecule has 1 amide bonds. The first kappa shape index (κ1) is 9.73. The van der Waals surface area contributed by atoms with Crippen LogP contribution in [0.5, 0.6) is 0 Å². The largest absolute Gasteiger partial charge is 0.464 e. The first-order valence-corrected chi connectivity index (χ1v) is 4.52. The van der Waals surface area contributed by atoms with Crippen molar-refractivity contribution < 1.29 is 14.0 Å². The average molecular weight is 205 g/mol. The number of fused-ring (bicyclic) bond motifs is 1. The van der Waals surface area contributed by atoms with Crippen LogP contribution in [-0.4, -0.2) is 25.1 Å². The molecule has 0 aliphatic rings. The van der Waals surface area contributed by atoms with E-state index >= 15 is 0 Å². The number of nitrogens with zero attached hydrogens (tertiary/aromatic N) is 1. The molecule has 0 fully saturated rings. The van der Waals surface area contributed by atoms with Crippen molar-refractivity contribution in [2.45, 2.75) is 0 Å². The van der Waals surface area contributed by atoms with Gasteiger partial charge in [-0.05, 0) is 18.2 Å². The Balaban J connectivity index is 2.39. The van der Waals surface area contributed by atoms with Crippen molar-refractivity contribution in [1.82, 2.24) is 5.06 Å². The Bertz CT molecular complexity index is 489. The Labute approximate surface area is 87.0 Å². The van der Waals surface area contributed by atoms with Gasteiger partial charge in [0, 0.05) is 18.0 Å². The number of hydroxylamine groups is 2. The monoisotopic (exact) mass is 205 g/mol. The van der Waals surface area contributed by atoms with Gasteiger partial charge in [0.2, 0.25) is 0 Å². The molecule has 1 aromatic carbocycles. The quantitative estimate of drug-likeness (QED) is 0.705. The number of carbonyl (C=O) groups excluding carboxylic acids is 1. The van der Waals surface area contributed by atoms with E-state index in [-0.39, 0.29) is 5.91 Å². The molecule has 0 saturated heterocycles. The molecule has 0 atom stereocenters. The molecule has 0 aliphatic heterocycles. The molecule has 0 aliphatic carbocycles. The summed E-state index contributed by atoms with van der Waals surface area (Å²) in [5, 5.41) is 2.15. The van der Waals surface area contributed by atoms with Crippen molar-refractivity contribution >= 4 is 16.9 Å². The highest BCUT2D eigenvalue weighted by Crippen LogP contribution is 2.17. The van der Waals surface area contributed by atoms with Crippen LogP contribution in [-0.2, 0) is 4.84 Å². The number of carbonyl (C=O) groups is 1. The minimum Gasteiger partial charge on any atom is -0.464 e. The molecule has 2 aromatic rings. The molecular formula is C11H11NO3. The smallest absolute Gasteiger partial charge is 0.277 e. The third-order valence-corrected chi connectivity index (χ3v) is 2.26. The van der Waals surface area contributed by atoms with Gasteiger partial charge in [-0.3, -0.25) is 9.63 Å². The molecule has 0 spiro atoms. The summed E-state index contributed by atoms with van der Waals surface area (Å²) in [5.74, 6) is -0.198. The van der Waals surface area contributed by atoms with Crippen molar-refractivity contribution in [2.24, 2.45) is 0 Å². The molecule has 0 radical (unpaired) electrons. The molecule has 0 unspecified atom stereocenters. The maximum Gasteiger partial charge on any atom is 0.277 e. The first-order chi connectivity index (χ1) is 7.22. The van der Waals surface area contributed by atoms with Crippen LogP contribution in [0.4, 0.5) is 0 Å². The van der Waals surface area contributed by atoms with Crippen LogP contribution >= 0.6 is 0 Å². The van der Waals surface area contributed by atoms with Crippen LogP contribution in [0.15, 0.2) is 34.9 Å². The van der Waals surface area contributed by atoms with Crippen LogP contribution in [0.2, 0.25) is 0 Å². The standard InChI is InChI=1S/C11H11NO3/c1-12(14-2)11(13)9-4-3-8-5-6-15-10(8)7-9/h3-7H,1-2H3. The maximum absolute atomic E-state index is 11.7. The summed E-state index contributed by atoms with van der Waals surface area (Å²) >= 11 is 0. The summed E-state index contributed by atoms with van der Waals surface area (Å²) in [6.07, 6.45) is 1.60. The number of benzene rings is 1. The fourth-order valence-electron chi connectivity index (χ4n) is 1.35. The topological polar surface area (TPSA) is 42.7 Å². The van der Waals surface area contributed by atoms with Gasteiger partial charge >= 0.3 is 0 Å². The summed E-state index contributed by atoms with van der Waals surface area (Å²) < 4.78 is 5.21. The van der Waals surface area contributed by atoms with Gasteiger partial charge in [0.1, 0.15) is 5.58 Å². The lowest BCUT2D eigenvalue weighted by molar-refractivity contribution is -0.0756. The van der Waals surface area contributed by atoms with E-state index in [2.05, 4.69) is 0 Å². The van der Waals surface area contributed by atoms with Gasteiger partial charge < -0.3 is 4.42 Å². The zero-order valence-electron chi connectivity index (χ0n) is 8.56. The Morgan fingerprint density at radius 2 is 2.20 bits per heavy atom. The molecular weight excluding hydrogens is 194 g/mol. The zero-order valence-corrected chi connectivity index (χ0v) is 8.56. The zero-order chi connectivity index (χ0) is 10.8. The van der Waals surface area contributed by atoms with Gasteiger partial charge in [-0.15, -0.1) is 0 Å². The maximum atomic E-state index is 11.7. The van der Waals surface area contributed by atoms with E-state index in [9.17, 15) is 4.79 Å². The highest BCUT2D eigenvalue weighted by Gasteiger charge is 2.12. The average Bonchev–Trinajstić information content (AvgIpc) is 2.73. The molecule has 4 heteroatoms. The van der Waals surface area contributed by atoms with E-state index in [0.29, 0.717) is 11.1 Å². The van der Waals surface area contributed by atoms with Crippen LogP contribution in [0.3, 0.4) is 0 Å². The van der Waals surface area contributed by atoms with Crippen molar-refractivity contribution in [1.29, 1.82) is 0 Å². The van der Waals surface area contributed by atoms with Gasteiger partial charge in [0.25, 0.3) is 5.91 Å². The highest BCUT2D eigenvalue weighted by molar-refractivity contribution is 5.96. The minimum atomic E-state index is -0.198. The van der Waals surface area contributed by atoms with E-state index < -0.39 is 0 Å². The molecule has 4 nitrogen and oxygen atoms in total. The summed E-state index contributed by atoms with van der Waals surface area (Å²) in [6.45, 7) is 0. The highest BCUT2D eigenvalue weighted by atomic mass is 16.7. The molecule has 0 N–H and O–H groups in total. The van der Waals surface area contributed by atoms with Gasteiger partial charge in [0.05, 0.1) is 13.4 Å². The van der Waals surface area contributed by atoms with Crippen LogP contribution in [0, 0.1) is 0 Å². The summed E-state index contributed by atoms with van der Waals surface area (Å²) in [5.41, 5.74) is 1.24. The third-order valence-electron chi connectivity index (χ3n) is 2.26. The van der Waals surface area contributed by atoms with Gasteiger partial charge in [-0.1, -0.05) is 6.07 Å². The number of hydrogen-bond donors (Lipinski definition) is 0. The summed E-state index contributed by atoms with van der Waals surface area (Å²) in [4.78, 5) is 16.5. The third kappa shape index (κ3) is 1.71. The fraction of sp³-hybridized carbons (Fsp3) is 0.182. The molecule has 78 valence electrons. The number of furan rings is 1. The van der Waals surface area contributed by atoms with Gasteiger partial charge in [-0.25, -0.2) is 5.06 Å². The Kier molecular flexibility index (Phi) is 2.43. The van der Waals surface area contributed by atoms with Crippen molar-refractivity contribution in [3.63, 3.8) is 0 Å². The predicted molar refractivity (Wildman–Crippen MR) is 55.3 cm³/mol. The van der Waals surface area contributed by atoms with E-state index in [1.54, 1.807) is 25.4 Å². The predicted octanol–water partition coefficient (Wildman–Crippen LogP) is 2.07. The molecule has 1 aromatic heterocycles. The lowest BCUT2D eigenvalue weighted by atomic mass is 10.1. The Morgan fingerprint density at radius 1 is 1.40 bits per heavy atom. The lowest BCUT2D eigenvalue weighted by Crippen LogP contribution is -2.25. The number of rotatable bonds is 2. The SMILES string of the molecule is CON(C)C(=O)c1ccc2ccoc2c1. The molecule has 2 rings (SSSR count). The summed E-state index contributed by atoms with van der Waals surface area (Å²) in [7, 11) is 3.01. The molecule has 0 bridgehead atoms. The van der Waals surface area contributed by atoms with E-state index in [1.807, 2.05) is 12.1 Å². The van der Waals surface area contributed by atoms with Gasteiger partial charge in [0.15, 0.2) is 0 Å². The molecule has 15 heavy (non-hydrogen) atoms. The second-order valence-corrected chi connectivity index (χ2v) is 3.16. The van der Waals surface area contributed by atoms with Crippen molar-refractivity contribution in [3.8, 4) is 0 Å². The van der Waals surface area contributed by atoms with Crippen LogP contribution < -0.4 is 0 Å². The Morgan fingerprint density at radius 3 is 2.93 bits per heavy atom. The molecule has 0 saturated carbocycles. The van der Waals surface area contributed by atoms with E-state index in [0.717, 1.165) is 5.39 Å². The minimum absolute atomic E-state index is 0.198. The first-order valence-electron chi connectivity index (χ1n) is 4.52. The normalized spacial score (nSPS) is 10.5. The van der Waals surface area contributed by atoms with Crippen LogP contribution in [0.25, 0.3) is 11.0 Å². The number of hydrogen-bond acceptors (Lipinski definition) is 3. The Hall–Kier alpha value is -1.81. The summed E-state index contributed by atoms with van der Waals surface area (Å²) in [6, 6.07) is 7.14. The second kappa shape index (κ2) is 3.74. The molecule has 1 heterocycles.